The molecule has 0 radical (unpaired) electrons. The first kappa shape index (κ1) is 31.5. The number of aryl methyl sites for hydroxylation is 1. The van der Waals surface area contributed by atoms with Crippen molar-refractivity contribution in [1.29, 1.82) is 0 Å². The molecule has 10 heteroatoms. The molecule has 214 valence electrons. The molecule has 40 heavy (non-hydrogen) atoms. The number of benzene rings is 3. The average molecular weight is 605 g/mol. The molecule has 1 N–H and O–H groups in total. The van der Waals surface area contributed by atoms with Gasteiger partial charge in [0.2, 0.25) is 11.8 Å². The number of rotatable bonds is 12. The highest BCUT2D eigenvalue weighted by Crippen LogP contribution is 2.33. The summed E-state index contributed by atoms with van der Waals surface area (Å²) in [6, 6.07) is 19.4. The Morgan fingerprint density at radius 3 is 2.23 bits per heavy atom. The summed E-state index contributed by atoms with van der Waals surface area (Å²) in [5, 5.41) is 3.30. The lowest BCUT2D eigenvalue weighted by molar-refractivity contribution is -0.139. The van der Waals surface area contributed by atoms with Gasteiger partial charge in [0.05, 0.1) is 15.6 Å². The average Bonchev–Trinajstić information content (AvgIpc) is 2.93. The van der Waals surface area contributed by atoms with E-state index in [1.54, 1.807) is 25.1 Å². The van der Waals surface area contributed by atoms with Gasteiger partial charge in [-0.3, -0.25) is 13.9 Å². The monoisotopic (exact) mass is 603 g/mol. The number of hydrogen-bond acceptors (Lipinski definition) is 4. The van der Waals surface area contributed by atoms with Crippen LogP contribution in [-0.2, 0) is 26.0 Å². The summed E-state index contributed by atoms with van der Waals surface area (Å²) in [7, 11) is -4.23. The summed E-state index contributed by atoms with van der Waals surface area (Å²) in [5.74, 6) is -0.862. The van der Waals surface area contributed by atoms with E-state index in [1.807, 2.05) is 51.1 Å². The molecule has 2 atom stereocenters. The number of nitrogens with zero attached hydrogens (tertiary/aromatic N) is 2. The fourth-order valence-electron chi connectivity index (χ4n) is 4.06. The molecule has 0 saturated heterocycles. The second kappa shape index (κ2) is 14.0. The first-order valence-corrected chi connectivity index (χ1v) is 15.3. The first-order valence-electron chi connectivity index (χ1n) is 13.1. The number of carbonyl (C=O) groups is 2. The minimum atomic E-state index is -4.23. The molecule has 0 spiro atoms. The summed E-state index contributed by atoms with van der Waals surface area (Å²) in [4.78, 5) is 28.5. The summed E-state index contributed by atoms with van der Waals surface area (Å²) >= 11 is 12.7. The largest absolute Gasteiger partial charge is 0.352 e. The lowest BCUT2D eigenvalue weighted by Gasteiger charge is -2.32. The fourth-order valence-corrected chi connectivity index (χ4v) is 5.92. The molecular weight excluding hydrogens is 569 g/mol. The molecule has 0 aliphatic heterocycles. The van der Waals surface area contributed by atoms with E-state index in [0.29, 0.717) is 6.42 Å². The van der Waals surface area contributed by atoms with Crippen LogP contribution in [0.15, 0.2) is 77.7 Å². The zero-order valence-corrected chi connectivity index (χ0v) is 25.4. The van der Waals surface area contributed by atoms with Crippen LogP contribution in [0.5, 0.6) is 0 Å². The number of anilines is 1. The minimum absolute atomic E-state index is 0.000315. The van der Waals surface area contributed by atoms with E-state index in [9.17, 15) is 18.0 Å². The maximum absolute atomic E-state index is 13.9. The Balaban J connectivity index is 2.01. The Kier molecular flexibility index (Phi) is 11.0. The molecule has 0 aromatic heterocycles. The number of nitrogens with one attached hydrogen (secondary N) is 1. The highest BCUT2D eigenvalue weighted by atomic mass is 35.5. The maximum Gasteiger partial charge on any atom is 0.264 e. The van der Waals surface area contributed by atoms with Gasteiger partial charge in [-0.2, -0.15) is 0 Å². The van der Waals surface area contributed by atoms with Crippen LogP contribution in [0.3, 0.4) is 0 Å². The normalized spacial score (nSPS) is 12.8. The van der Waals surface area contributed by atoms with Crippen molar-refractivity contribution in [3.05, 3.63) is 94.0 Å². The summed E-state index contributed by atoms with van der Waals surface area (Å²) < 4.78 is 28.8. The highest BCUT2D eigenvalue weighted by Gasteiger charge is 2.33. The molecule has 0 bridgehead atoms. The quantitative estimate of drug-likeness (QED) is 0.280. The standard InChI is InChI=1S/C30H35Cl2N3O4S/c1-5-22(3)33-30(37)23(4)34(18-17-24-9-7-6-8-10-24)29(36)20-35(28-19-25(31)13-16-27(28)32)40(38,39)26-14-11-21(2)12-15-26/h6-16,19,22-23H,5,17-18,20H2,1-4H3,(H,33,37). The molecule has 0 heterocycles. The van der Waals surface area contributed by atoms with E-state index in [-0.39, 0.29) is 39.1 Å². The van der Waals surface area contributed by atoms with Gasteiger partial charge >= 0.3 is 0 Å². The molecular formula is C30H35Cl2N3O4S. The zero-order chi connectivity index (χ0) is 29.4. The summed E-state index contributed by atoms with van der Waals surface area (Å²) in [6.07, 6.45) is 1.21. The van der Waals surface area contributed by atoms with E-state index >= 15 is 0 Å². The van der Waals surface area contributed by atoms with Crippen molar-refractivity contribution in [2.75, 3.05) is 17.4 Å². The molecule has 3 aromatic rings. The van der Waals surface area contributed by atoms with Crippen LogP contribution in [0.1, 0.15) is 38.3 Å². The van der Waals surface area contributed by atoms with E-state index in [1.165, 1.54) is 29.2 Å². The van der Waals surface area contributed by atoms with Gasteiger partial charge in [0.1, 0.15) is 12.6 Å². The van der Waals surface area contributed by atoms with Gasteiger partial charge in [-0.25, -0.2) is 8.42 Å². The lowest BCUT2D eigenvalue weighted by Crippen LogP contribution is -2.53. The third kappa shape index (κ3) is 7.99. The summed E-state index contributed by atoms with van der Waals surface area (Å²) in [6.45, 7) is 6.97. The third-order valence-electron chi connectivity index (χ3n) is 6.72. The molecule has 0 aliphatic rings. The van der Waals surface area contributed by atoms with Gasteiger partial charge in [0.25, 0.3) is 10.0 Å². The van der Waals surface area contributed by atoms with Crippen molar-refractivity contribution in [2.24, 2.45) is 0 Å². The Labute approximate surface area is 247 Å². The van der Waals surface area contributed by atoms with Gasteiger partial charge in [0.15, 0.2) is 0 Å². The number of halogens is 2. The molecule has 2 amide bonds. The molecule has 0 fully saturated rings. The molecule has 2 unspecified atom stereocenters. The van der Waals surface area contributed by atoms with Crippen LogP contribution in [0.25, 0.3) is 0 Å². The zero-order valence-electron chi connectivity index (χ0n) is 23.1. The van der Waals surface area contributed by atoms with Gasteiger partial charge < -0.3 is 10.2 Å². The molecule has 3 rings (SSSR count). The second-order valence-electron chi connectivity index (χ2n) is 9.74. The smallest absolute Gasteiger partial charge is 0.264 e. The van der Waals surface area contributed by atoms with Gasteiger partial charge in [-0.1, -0.05) is 78.2 Å². The Morgan fingerprint density at radius 2 is 1.60 bits per heavy atom. The fraction of sp³-hybridized carbons (Fsp3) is 0.333. The number of hydrogen-bond donors (Lipinski definition) is 1. The van der Waals surface area contributed by atoms with Crippen molar-refractivity contribution in [3.63, 3.8) is 0 Å². The van der Waals surface area contributed by atoms with Gasteiger partial charge in [-0.05, 0) is 69.5 Å². The van der Waals surface area contributed by atoms with Crippen molar-refractivity contribution >= 4 is 50.7 Å². The molecule has 0 aliphatic carbocycles. The SMILES string of the molecule is CCC(C)NC(=O)C(C)N(CCc1ccccc1)C(=O)CN(c1cc(Cl)ccc1Cl)S(=O)(=O)c1ccc(C)cc1. The van der Waals surface area contributed by atoms with Crippen molar-refractivity contribution < 1.29 is 18.0 Å². The molecule has 7 nitrogen and oxygen atoms in total. The van der Waals surface area contributed by atoms with Gasteiger partial charge in [-0.15, -0.1) is 0 Å². The number of carbonyl (C=O) groups excluding carboxylic acids is 2. The van der Waals surface area contributed by atoms with Crippen LogP contribution in [0.2, 0.25) is 10.0 Å². The van der Waals surface area contributed by atoms with Crippen LogP contribution >= 0.6 is 23.2 Å². The van der Waals surface area contributed by atoms with E-state index < -0.39 is 28.5 Å². The predicted octanol–water partition coefficient (Wildman–Crippen LogP) is 5.87. The third-order valence-corrected chi connectivity index (χ3v) is 9.05. The highest BCUT2D eigenvalue weighted by molar-refractivity contribution is 7.92. The predicted molar refractivity (Wildman–Crippen MR) is 161 cm³/mol. The lowest BCUT2D eigenvalue weighted by atomic mass is 10.1. The van der Waals surface area contributed by atoms with Crippen LogP contribution < -0.4 is 9.62 Å². The van der Waals surface area contributed by atoms with Crippen molar-refractivity contribution in [2.45, 2.75) is 57.5 Å². The van der Waals surface area contributed by atoms with Gasteiger partial charge in [0, 0.05) is 17.6 Å². The maximum atomic E-state index is 13.9. The second-order valence-corrected chi connectivity index (χ2v) is 12.4. The van der Waals surface area contributed by atoms with Crippen molar-refractivity contribution in [1.82, 2.24) is 10.2 Å². The summed E-state index contributed by atoms with van der Waals surface area (Å²) in [5.41, 5.74) is 1.94. The number of amides is 2. The Morgan fingerprint density at radius 1 is 0.950 bits per heavy atom. The Bertz CT molecular complexity index is 1420. The topological polar surface area (TPSA) is 86.8 Å². The van der Waals surface area contributed by atoms with Crippen LogP contribution in [0, 0.1) is 6.92 Å². The van der Waals surface area contributed by atoms with E-state index in [0.717, 1.165) is 21.9 Å². The van der Waals surface area contributed by atoms with E-state index in [2.05, 4.69) is 5.32 Å². The molecule has 3 aromatic carbocycles. The Hall–Kier alpha value is -3.07. The first-order chi connectivity index (χ1) is 18.9. The number of sulfonamides is 1. The van der Waals surface area contributed by atoms with E-state index in [4.69, 9.17) is 23.2 Å². The minimum Gasteiger partial charge on any atom is -0.352 e. The van der Waals surface area contributed by atoms with Crippen molar-refractivity contribution in [3.8, 4) is 0 Å². The van der Waals surface area contributed by atoms with Crippen LogP contribution in [0.4, 0.5) is 5.69 Å². The molecule has 0 saturated carbocycles. The van der Waals surface area contributed by atoms with Crippen LogP contribution in [-0.4, -0.2) is 50.3 Å².